The SMILES string of the molecule is Nc1ccc(S(=O)(=O)Nc2ccc(-c3ccc(NS(=O)(=O)c4ccc(N)cc4)cc3C(F)(F)F)c(C(F)(F)F)c2)cc1. The zero-order chi connectivity index (χ0) is 31.1. The number of anilines is 4. The third kappa shape index (κ3) is 6.71. The van der Waals surface area contributed by atoms with Crippen LogP contribution in [0.5, 0.6) is 0 Å². The van der Waals surface area contributed by atoms with E-state index >= 15 is 0 Å². The summed E-state index contributed by atoms with van der Waals surface area (Å²) in [5.74, 6) is 0. The average molecular weight is 631 g/mol. The van der Waals surface area contributed by atoms with Gasteiger partial charge in [0.25, 0.3) is 20.0 Å². The van der Waals surface area contributed by atoms with Crippen molar-refractivity contribution in [3.05, 3.63) is 96.1 Å². The van der Waals surface area contributed by atoms with E-state index in [9.17, 15) is 43.2 Å². The molecule has 8 nitrogen and oxygen atoms in total. The lowest BCUT2D eigenvalue weighted by Gasteiger charge is -2.20. The number of benzene rings is 4. The molecule has 0 aliphatic heterocycles. The van der Waals surface area contributed by atoms with Crippen molar-refractivity contribution < 1.29 is 43.2 Å². The van der Waals surface area contributed by atoms with Crippen molar-refractivity contribution in [3.8, 4) is 11.1 Å². The molecule has 6 N–H and O–H groups in total. The highest BCUT2D eigenvalue weighted by Crippen LogP contribution is 2.44. The predicted octanol–water partition coefficient (Wildman–Crippen LogP) is 6.16. The molecule has 0 aliphatic carbocycles. The molecule has 16 heteroatoms. The summed E-state index contributed by atoms with van der Waals surface area (Å²) in [5, 5.41) is 0. The van der Waals surface area contributed by atoms with Crippen molar-refractivity contribution >= 4 is 42.8 Å². The van der Waals surface area contributed by atoms with Gasteiger partial charge < -0.3 is 11.5 Å². The van der Waals surface area contributed by atoms with Gasteiger partial charge in [-0.3, -0.25) is 9.44 Å². The number of sulfonamides is 2. The fourth-order valence-electron chi connectivity index (χ4n) is 3.88. The Balaban J connectivity index is 1.77. The van der Waals surface area contributed by atoms with Crippen LogP contribution in [0.2, 0.25) is 0 Å². The van der Waals surface area contributed by atoms with Gasteiger partial charge in [-0.1, -0.05) is 12.1 Å². The topological polar surface area (TPSA) is 144 Å². The Morgan fingerprint density at radius 1 is 0.500 bits per heavy atom. The Bertz CT molecular complexity index is 1710. The van der Waals surface area contributed by atoms with Crippen molar-refractivity contribution in [2.24, 2.45) is 0 Å². The van der Waals surface area contributed by atoms with E-state index in [1.165, 1.54) is 24.3 Å². The molecule has 4 rings (SSSR count). The molecular weight excluding hydrogens is 610 g/mol. The van der Waals surface area contributed by atoms with E-state index in [-0.39, 0.29) is 21.2 Å². The van der Waals surface area contributed by atoms with E-state index in [1.54, 1.807) is 0 Å². The van der Waals surface area contributed by atoms with Crippen LogP contribution < -0.4 is 20.9 Å². The second-order valence-electron chi connectivity index (χ2n) is 8.87. The largest absolute Gasteiger partial charge is 0.417 e. The molecule has 0 unspecified atom stereocenters. The first-order valence-corrected chi connectivity index (χ1v) is 14.5. The van der Waals surface area contributed by atoms with Crippen LogP contribution in [0.1, 0.15) is 11.1 Å². The molecule has 0 saturated heterocycles. The van der Waals surface area contributed by atoms with Gasteiger partial charge in [0.1, 0.15) is 0 Å². The first-order chi connectivity index (χ1) is 19.4. The lowest BCUT2D eigenvalue weighted by Crippen LogP contribution is -2.16. The molecule has 0 bridgehead atoms. The van der Waals surface area contributed by atoms with Crippen LogP contribution in [-0.2, 0) is 32.4 Å². The van der Waals surface area contributed by atoms with Gasteiger partial charge in [0.15, 0.2) is 0 Å². The minimum absolute atomic E-state index is 0.238. The fraction of sp³-hybridized carbons (Fsp3) is 0.0769. The van der Waals surface area contributed by atoms with Crippen LogP contribution in [0.25, 0.3) is 11.1 Å². The van der Waals surface area contributed by atoms with Gasteiger partial charge in [0.2, 0.25) is 0 Å². The molecule has 4 aromatic carbocycles. The zero-order valence-electron chi connectivity index (χ0n) is 21.0. The van der Waals surface area contributed by atoms with Crippen LogP contribution in [0.3, 0.4) is 0 Å². The summed E-state index contributed by atoms with van der Waals surface area (Å²) in [6, 6.07) is 13.4. The third-order valence-electron chi connectivity index (χ3n) is 5.83. The molecule has 0 amide bonds. The van der Waals surface area contributed by atoms with Gasteiger partial charge in [0, 0.05) is 22.7 Å². The second-order valence-corrected chi connectivity index (χ2v) is 12.2. The summed E-state index contributed by atoms with van der Waals surface area (Å²) in [6.45, 7) is 0. The van der Waals surface area contributed by atoms with Crippen LogP contribution in [0.4, 0.5) is 49.1 Å². The lowest BCUT2D eigenvalue weighted by atomic mass is 9.94. The molecule has 0 saturated carbocycles. The number of nitrogens with one attached hydrogen (secondary N) is 2. The van der Waals surface area contributed by atoms with Crippen molar-refractivity contribution in [2.45, 2.75) is 22.1 Å². The summed E-state index contributed by atoms with van der Waals surface area (Å²) in [7, 11) is -8.75. The molecule has 0 heterocycles. The summed E-state index contributed by atoms with van der Waals surface area (Å²) < 4.78 is 139. The zero-order valence-corrected chi connectivity index (χ0v) is 22.6. The molecule has 0 aliphatic rings. The molecule has 222 valence electrons. The Morgan fingerprint density at radius 3 is 1.10 bits per heavy atom. The van der Waals surface area contributed by atoms with Gasteiger partial charge in [-0.05, 0) is 83.9 Å². The molecule has 0 aromatic heterocycles. The fourth-order valence-corrected chi connectivity index (χ4v) is 5.98. The number of nitrogens with two attached hydrogens (primary N) is 2. The number of hydrogen-bond donors (Lipinski definition) is 4. The summed E-state index contributed by atoms with van der Waals surface area (Å²) in [4.78, 5) is -0.628. The first-order valence-electron chi connectivity index (χ1n) is 11.6. The van der Waals surface area contributed by atoms with Crippen molar-refractivity contribution in [2.75, 3.05) is 20.9 Å². The van der Waals surface area contributed by atoms with E-state index in [1.807, 2.05) is 9.44 Å². The number of hydrogen-bond acceptors (Lipinski definition) is 6. The van der Waals surface area contributed by atoms with E-state index < -0.39 is 66.0 Å². The minimum atomic E-state index is -5.21. The standard InChI is InChI=1S/C26H20F6N4O4S2/c27-25(28,29)23-13-17(35-41(37,38)19-7-1-15(33)2-8-19)5-11-21(23)22-12-6-18(14-24(22)26(30,31)32)36-42(39,40)20-9-3-16(34)4-10-20/h1-14,35-36H,33-34H2. The Morgan fingerprint density at radius 2 is 0.810 bits per heavy atom. The van der Waals surface area contributed by atoms with E-state index in [2.05, 4.69) is 0 Å². The van der Waals surface area contributed by atoms with Crippen LogP contribution in [0.15, 0.2) is 94.7 Å². The van der Waals surface area contributed by atoms with Crippen molar-refractivity contribution in [1.29, 1.82) is 0 Å². The molecular formula is C26H20F6N4O4S2. The number of halogens is 6. The Hall–Kier alpha value is -4.44. The predicted molar refractivity (Wildman–Crippen MR) is 145 cm³/mol. The lowest BCUT2D eigenvalue weighted by molar-refractivity contribution is -0.139. The van der Waals surface area contributed by atoms with E-state index in [0.717, 1.165) is 36.4 Å². The second kappa shape index (κ2) is 10.8. The first kappa shape index (κ1) is 30.5. The molecule has 0 radical (unpaired) electrons. The summed E-state index contributed by atoms with van der Waals surface area (Å²) >= 11 is 0. The van der Waals surface area contributed by atoms with Gasteiger partial charge in [-0.25, -0.2) is 16.8 Å². The smallest absolute Gasteiger partial charge is 0.399 e. The number of alkyl halides is 6. The summed E-state index contributed by atoms with van der Waals surface area (Å²) in [5.41, 5.74) is 5.41. The maximum absolute atomic E-state index is 14.1. The van der Waals surface area contributed by atoms with E-state index in [4.69, 9.17) is 11.5 Å². The maximum Gasteiger partial charge on any atom is 0.417 e. The third-order valence-corrected chi connectivity index (χ3v) is 8.62. The highest BCUT2D eigenvalue weighted by Gasteiger charge is 2.39. The highest BCUT2D eigenvalue weighted by molar-refractivity contribution is 7.93. The Kier molecular flexibility index (Phi) is 7.82. The molecule has 4 aromatic rings. The normalized spacial score (nSPS) is 12.6. The quantitative estimate of drug-likeness (QED) is 0.142. The van der Waals surface area contributed by atoms with Crippen LogP contribution in [-0.4, -0.2) is 16.8 Å². The summed E-state index contributed by atoms with van der Waals surface area (Å²) in [6.07, 6.45) is -10.4. The van der Waals surface area contributed by atoms with Crippen LogP contribution in [0, 0.1) is 0 Å². The molecule has 0 atom stereocenters. The maximum atomic E-state index is 14.1. The average Bonchev–Trinajstić information content (AvgIpc) is 2.88. The van der Waals surface area contributed by atoms with Crippen molar-refractivity contribution in [1.82, 2.24) is 0 Å². The van der Waals surface area contributed by atoms with Crippen LogP contribution >= 0.6 is 0 Å². The molecule has 42 heavy (non-hydrogen) atoms. The van der Waals surface area contributed by atoms with Gasteiger partial charge in [0.05, 0.1) is 20.9 Å². The molecule has 0 spiro atoms. The minimum Gasteiger partial charge on any atom is -0.399 e. The monoisotopic (exact) mass is 630 g/mol. The number of nitrogen functional groups attached to an aromatic ring is 2. The Labute approximate surface area is 236 Å². The van der Waals surface area contributed by atoms with Crippen molar-refractivity contribution in [3.63, 3.8) is 0 Å². The highest BCUT2D eigenvalue weighted by atomic mass is 32.2. The molecule has 0 fully saturated rings. The van der Waals surface area contributed by atoms with Gasteiger partial charge in [-0.15, -0.1) is 0 Å². The number of rotatable bonds is 7. The van der Waals surface area contributed by atoms with Gasteiger partial charge >= 0.3 is 12.4 Å². The van der Waals surface area contributed by atoms with Gasteiger partial charge in [-0.2, -0.15) is 26.3 Å². The van der Waals surface area contributed by atoms with E-state index in [0.29, 0.717) is 24.3 Å².